The predicted octanol–water partition coefficient (Wildman–Crippen LogP) is 0.882. The van der Waals surface area contributed by atoms with Crippen molar-refractivity contribution in [3.63, 3.8) is 0 Å². The maximum atomic E-state index is 3.94. The molecule has 1 unspecified atom stereocenters. The average Bonchev–Trinajstić information content (AvgIpc) is 1.86. The van der Waals surface area contributed by atoms with Gasteiger partial charge in [0.1, 0.15) is 0 Å². The van der Waals surface area contributed by atoms with E-state index < -0.39 is 0 Å². The van der Waals surface area contributed by atoms with Crippen LogP contribution in [-0.4, -0.2) is 11.4 Å². The summed E-state index contributed by atoms with van der Waals surface area (Å²) >= 11 is 3.36. The van der Waals surface area contributed by atoms with Gasteiger partial charge in [0.15, 0.2) is 0 Å². The van der Waals surface area contributed by atoms with Crippen molar-refractivity contribution in [3.05, 3.63) is 12.3 Å². The van der Waals surface area contributed by atoms with Crippen molar-refractivity contribution in [3.8, 4) is 0 Å². The van der Waals surface area contributed by atoms with Crippen LogP contribution in [0.1, 0.15) is 0 Å². The van der Waals surface area contributed by atoms with Gasteiger partial charge in [-0.25, -0.2) is 0 Å². The Hall–Kier alpha value is 0.0200. The molecule has 0 aliphatic carbocycles. The Bertz CT molecular complexity index is 69.9. The second-order valence-corrected chi connectivity index (χ2v) is 2.40. The predicted molar refractivity (Wildman–Crippen MR) is 28.9 cm³/mol. The monoisotopic (exact) mass is 146 g/mol. The quantitative estimate of drug-likeness (QED) is 0.451. The lowest BCUT2D eigenvalue weighted by molar-refractivity contribution is 0.918. The summed E-state index contributed by atoms with van der Waals surface area (Å²) in [4.78, 5) is 0.512. The Kier molecular flexibility index (Phi) is 1.15. The molecule has 1 aliphatic heterocycles. The molecule has 1 radical (unpaired) electrons. The molecule has 2 heteroatoms. The molecule has 0 N–H and O–H groups in total. The topological polar surface area (TPSA) is 14.1 Å². The summed E-state index contributed by atoms with van der Waals surface area (Å²) in [6, 6.07) is 0. The van der Waals surface area contributed by atoms with Crippen LogP contribution >= 0.6 is 15.9 Å². The van der Waals surface area contributed by atoms with Crippen molar-refractivity contribution in [1.29, 1.82) is 0 Å². The van der Waals surface area contributed by atoms with Gasteiger partial charge in [-0.1, -0.05) is 22.0 Å². The minimum Gasteiger partial charge on any atom is -0.292 e. The molecular weight excluding hydrogens is 142 g/mol. The Morgan fingerprint density at radius 1 is 1.83 bits per heavy atom. The lowest BCUT2D eigenvalue weighted by Crippen LogP contribution is -1.99. The molecule has 0 fully saturated rings. The molecule has 1 aliphatic rings. The number of hydrogen-bond acceptors (Lipinski definition) is 0. The van der Waals surface area contributed by atoms with Crippen LogP contribution in [0, 0.1) is 0 Å². The maximum Gasteiger partial charge on any atom is 0.0550 e. The lowest BCUT2D eigenvalue weighted by atomic mass is 10.5. The minimum absolute atomic E-state index is 0.512. The summed E-state index contributed by atoms with van der Waals surface area (Å²) < 4.78 is 0. The number of nitrogens with zero attached hydrogens (tertiary/aromatic N) is 1. The van der Waals surface area contributed by atoms with Crippen molar-refractivity contribution in [2.24, 2.45) is 0 Å². The smallest absolute Gasteiger partial charge is 0.0550 e. The van der Waals surface area contributed by atoms with Gasteiger partial charge in [0, 0.05) is 6.20 Å². The molecule has 0 aromatic heterocycles. The van der Waals surface area contributed by atoms with Crippen molar-refractivity contribution in [1.82, 2.24) is 5.32 Å². The van der Waals surface area contributed by atoms with Gasteiger partial charge in [-0.05, 0) is 0 Å². The highest BCUT2D eigenvalue weighted by molar-refractivity contribution is 9.09. The summed E-state index contributed by atoms with van der Waals surface area (Å²) in [6.45, 7) is 0.917. The van der Waals surface area contributed by atoms with Crippen LogP contribution in [-0.2, 0) is 0 Å². The molecule has 0 spiro atoms. The first-order valence-electron chi connectivity index (χ1n) is 1.87. The van der Waals surface area contributed by atoms with E-state index in [2.05, 4.69) is 21.2 Å². The summed E-state index contributed by atoms with van der Waals surface area (Å²) in [6.07, 6.45) is 3.86. The van der Waals surface area contributed by atoms with Crippen LogP contribution in [0.15, 0.2) is 12.3 Å². The normalized spacial score (nSPS) is 30.5. The summed E-state index contributed by atoms with van der Waals surface area (Å²) in [7, 11) is 0. The van der Waals surface area contributed by atoms with E-state index in [-0.39, 0.29) is 0 Å². The SMILES string of the molecule is BrC1C=C[N]C1. The third-order valence-corrected chi connectivity index (χ3v) is 1.27. The molecule has 1 rings (SSSR count). The van der Waals surface area contributed by atoms with Crippen LogP contribution in [0.3, 0.4) is 0 Å². The van der Waals surface area contributed by atoms with E-state index >= 15 is 0 Å². The highest BCUT2D eigenvalue weighted by Crippen LogP contribution is 2.03. The van der Waals surface area contributed by atoms with Crippen LogP contribution in [0.25, 0.3) is 0 Å². The third kappa shape index (κ3) is 0.744. The minimum atomic E-state index is 0.512. The van der Waals surface area contributed by atoms with Crippen molar-refractivity contribution in [2.45, 2.75) is 4.83 Å². The van der Waals surface area contributed by atoms with E-state index in [1.807, 2.05) is 12.3 Å². The van der Waals surface area contributed by atoms with E-state index in [1.165, 1.54) is 0 Å². The molecule has 0 bridgehead atoms. The standard InChI is InChI=1S/C4H5BrN/c5-4-1-2-6-3-4/h1-2,4H,3H2. The second-order valence-electron chi connectivity index (χ2n) is 1.22. The molecular formula is C4H5BrN. The van der Waals surface area contributed by atoms with Crippen LogP contribution in [0.5, 0.6) is 0 Å². The highest BCUT2D eigenvalue weighted by Gasteiger charge is 2.01. The first kappa shape index (κ1) is 4.19. The van der Waals surface area contributed by atoms with Gasteiger partial charge in [-0.3, -0.25) is 5.32 Å². The Balaban J connectivity index is 2.38. The highest BCUT2D eigenvalue weighted by atomic mass is 79.9. The first-order chi connectivity index (χ1) is 2.89. The zero-order valence-electron chi connectivity index (χ0n) is 3.26. The summed E-state index contributed by atoms with van der Waals surface area (Å²) in [5.41, 5.74) is 0. The van der Waals surface area contributed by atoms with Gasteiger partial charge in [0.25, 0.3) is 0 Å². The Labute approximate surface area is 45.6 Å². The van der Waals surface area contributed by atoms with Gasteiger partial charge in [0.05, 0.1) is 11.4 Å². The van der Waals surface area contributed by atoms with Gasteiger partial charge in [-0.15, -0.1) is 0 Å². The zero-order chi connectivity index (χ0) is 4.41. The zero-order valence-corrected chi connectivity index (χ0v) is 4.85. The fraction of sp³-hybridized carbons (Fsp3) is 0.500. The fourth-order valence-electron chi connectivity index (χ4n) is 0.377. The number of alkyl halides is 1. The van der Waals surface area contributed by atoms with Gasteiger partial charge < -0.3 is 0 Å². The van der Waals surface area contributed by atoms with Gasteiger partial charge >= 0.3 is 0 Å². The molecule has 0 saturated carbocycles. The van der Waals surface area contributed by atoms with Crippen LogP contribution in [0.4, 0.5) is 0 Å². The van der Waals surface area contributed by atoms with E-state index in [4.69, 9.17) is 0 Å². The molecule has 1 heterocycles. The molecule has 0 aromatic rings. The van der Waals surface area contributed by atoms with E-state index in [0.29, 0.717) is 4.83 Å². The first-order valence-corrected chi connectivity index (χ1v) is 2.78. The molecule has 1 nitrogen and oxygen atoms in total. The van der Waals surface area contributed by atoms with Crippen LogP contribution < -0.4 is 5.32 Å². The Morgan fingerprint density at radius 3 is 2.83 bits per heavy atom. The summed E-state index contributed by atoms with van der Waals surface area (Å²) in [5, 5.41) is 3.94. The second kappa shape index (κ2) is 1.65. The number of rotatable bonds is 0. The number of hydrogen-bond donors (Lipinski definition) is 0. The molecule has 6 heavy (non-hydrogen) atoms. The fourth-order valence-corrected chi connectivity index (χ4v) is 0.680. The van der Waals surface area contributed by atoms with Gasteiger partial charge in [0.2, 0.25) is 0 Å². The van der Waals surface area contributed by atoms with Crippen LogP contribution in [0.2, 0.25) is 0 Å². The Morgan fingerprint density at radius 2 is 2.67 bits per heavy atom. The van der Waals surface area contributed by atoms with Gasteiger partial charge in [-0.2, -0.15) is 0 Å². The lowest BCUT2D eigenvalue weighted by Gasteiger charge is -1.86. The largest absolute Gasteiger partial charge is 0.292 e. The average molecular weight is 147 g/mol. The molecule has 0 saturated heterocycles. The molecule has 33 valence electrons. The maximum absolute atomic E-state index is 3.94. The molecule has 0 aromatic carbocycles. The van der Waals surface area contributed by atoms with Crippen molar-refractivity contribution in [2.75, 3.05) is 6.54 Å². The molecule has 1 atom stereocenters. The van der Waals surface area contributed by atoms with Crippen molar-refractivity contribution >= 4 is 15.9 Å². The summed E-state index contributed by atoms with van der Waals surface area (Å²) in [5.74, 6) is 0. The van der Waals surface area contributed by atoms with E-state index in [9.17, 15) is 0 Å². The number of halogens is 1. The van der Waals surface area contributed by atoms with E-state index in [1.54, 1.807) is 0 Å². The molecule has 0 amide bonds. The third-order valence-electron chi connectivity index (χ3n) is 0.680. The van der Waals surface area contributed by atoms with Crippen molar-refractivity contribution < 1.29 is 0 Å². The van der Waals surface area contributed by atoms with E-state index in [0.717, 1.165) is 6.54 Å².